The number of ether oxygens (including phenoxy) is 2. The van der Waals surface area contributed by atoms with Gasteiger partial charge in [0.15, 0.2) is 11.5 Å². The minimum atomic E-state index is -0.349. The number of halogens is 3. The number of aliphatic hydroxyl groups is 1. The van der Waals surface area contributed by atoms with E-state index >= 15 is 0 Å². The molecule has 0 aromatic heterocycles. The second-order valence-corrected chi connectivity index (χ2v) is 7.84. The Kier molecular flexibility index (Phi) is 10.4. The second-order valence-electron chi connectivity index (χ2n) is 6.59. The molecule has 3 N–H and O–H groups in total. The molecular formula is C21H27Cl3N2O3. The van der Waals surface area contributed by atoms with Crippen molar-refractivity contribution in [3.8, 4) is 11.5 Å². The molecule has 0 fully saturated rings. The highest BCUT2D eigenvalue weighted by molar-refractivity contribution is 6.35. The molecule has 0 bridgehead atoms. The van der Waals surface area contributed by atoms with Gasteiger partial charge in [0.2, 0.25) is 0 Å². The van der Waals surface area contributed by atoms with E-state index in [4.69, 9.17) is 44.3 Å². The van der Waals surface area contributed by atoms with Crippen molar-refractivity contribution >= 4 is 34.8 Å². The fourth-order valence-corrected chi connectivity index (χ4v) is 3.39. The Bertz CT molecular complexity index is 788. The number of rotatable bonds is 12. The first-order chi connectivity index (χ1) is 13.9. The predicted octanol–water partition coefficient (Wildman–Crippen LogP) is 4.68. The summed E-state index contributed by atoms with van der Waals surface area (Å²) in [5.74, 6) is 1.08. The number of hydrogen-bond acceptors (Lipinski definition) is 5. The third-order valence-corrected chi connectivity index (χ3v) is 4.87. The van der Waals surface area contributed by atoms with Crippen molar-refractivity contribution in [2.24, 2.45) is 0 Å². The maximum atomic E-state index is 9.23. The number of aliphatic hydroxyl groups excluding tert-OH is 1. The van der Waals surface area contributed by atoms with E-state index in [1.807, 2.05) is 25.1 Å². The predicted molar refractivity (Wildman–Crippen MR) is 120 cm³/mol. The van der Waals surface area contributed by atoms with Crippen LogP contribution in [0.15, 0.2) is 30.3 Å². The summed E-state index contributed by atoms with van der Waals surface area (Å²) < 4.78 is 11.7. The molecule has 5 nitrogen and oxygen atoms in total. The van der Waals surface area contributed by atoms with E-state index in [0.717, 1.165) is 24.2 Å². The molecule has 1 atom stereocenters. The van der Waals surface area contributed by atoms with Crippen LogP contribution >= 0.6 is 34.8 Å². The smallest absolute Gasteiger partial charge is 0.180 e. The van der Waals surface area contributed by atoms with Crippen LogP contribution in [0.25, 0.3) is 0 Å². The van der Waals surface area contributed by atoms with E-state index in [2.05, 4.69) is 10.6 Å². The van der Waals surface area contributed by atoms with Crippen LogP contribution in [0.2, 0.25) is 15.1 Å². The standard InChI is InChI=1S/C21H27Cl3N2O3/c1-3-28-20-9-15(12-26-7-6-25-11-14(2)27)8-19(24)21(20)29-13-16-4-5-17(22)10-18(16)23/h4-5,8-10,14,25-27H,3,6-7,11-13H2,1-2H3. The topological polar surface area (TPSA) is 62.8 Å². The van der Waals surface area contributed by atoms with Crippen LogP contribution in [0.1, 0.15) is 25.0 Å². The van der Waals surface area contributed by atoms with Crippen LogP contribution in [0.5, 0.6) is 11.5 Å². The van der Waals surface area contributed by atoms with E-state index in [1.54, 1.807) is 19.1 Å². The molecule has 2 aromatic rings. The Balaban J connectivity index is 1.99. The lowest BCUT2D eigenvalue weighted by Crippen LogP contribution is -2.31. The molecule has 8 heteroatoms. The Hall–Kier alpha value is -1.21. The van der Waals surface area contributed by atoms with Gasteiger partial charge in [-0.25, -0.2) is 0 Å². The van der Waals surface area contributed by atoms with Gasteiger partial charge in [0.25, 0.3) is 0 Å². The molecule has 0 amide bonds. The summed E-state index contributed by atoms with van der Waals surface area (Å²) in [7, 11) is 0. The van der Waals surface area contributed by atoms with Crippen LogP contribution in [-0.4, -0.2) is 37.5 Å². The van der Waals surface area contributed by atoms with Crippen molar-refractivity contribution in [1.29, 1.82) is 0 Å². The van der Waals surface area contributed by atoms with Gasteiger partial charge in [0.1, 0.15) is 6.61 Å². The summed E-state index contributed by atoms with van der Waals surface area (Å²) in [5, 5.41) is 17.3. The van der Waals surface area contributed by atoms with Crippen LogP contribution in [0.3, 0.4) is 0 Å². The minimum absolute atomic E-state index is 0.252. The Morgan fingerprint density at radius 3 is 2.45 bits per heavy atom. The van der Waals surface area contributed by atoms with Gasteiger partial charge in [0.05, 0.1) is 17.7 Å². The summed E-state index contributed by atoms with van der Waals surface area (Å²) in [6, 6.07) is 9.05. The third kappa shape index (κ3) is 8.21. The lowest BCUT2D eigenvalue weighted by molar-refractivity contribution is 0.191. The number of hydrogen-bond donors (Lipinski definition) is 3. The summed E-state index contributed by atoms with van der Waals surface area (Å²) >= 11 is 18.6. The molecule has 0 aliphatic carbocycles. The second kappa shape index (κ2) is 12.5. The molecule has 0 spiro atoms. The molecule has 0 aliphatic heterocycles. The third-order valence-electron chi connectivity index (χ3n) is 4.00. The largest absolute Gasteiger partial charge is 0.490 e. The van der Waals surface area contributed by atoms with E-state index in [0.29, 0.717) is 46.3 Å². The molecule has 0 heterocycles. The van der Waals surface area contributed by atoms with Crippen LogP contribution < -0.4 is 20.1 Å². The fraction of sp³-hybridized carbons (Fsp3) is 0.429. The zero-order valence-electron chi connectivity index (χ0n) is 16.6. The van der Waals surface area contributed by atoms with Gasteiger partial charge in [0, 0.05) is 41.8 Å². The zero-order chi connectivity index (χ0) is 21.2. The van der Waals surface area contributed by atoms with E-state index < -0.39 is 0 Å². The average Bonchev–Trinajstić information content (AvgIpc) is 2.65. The monoisotopic (exact) mass is 460 g/mol. The van der Waals surface area contributed by atoms with Crippen molar-refractivity contribution in [2.45, 2.75) is 33.1 Å². The van der Waals surface area contributed by atoms with E-state index in [-0.39, 0.29) is 12.7 Å². The first kappa shape index (κ1) is 24.1. The van der Waals surface area contributed by atoms with Gasteiger partial charge in [-0.15, -0.1) is 0 Å². The molecule has 160 valence electrons. The normalized spacial score (nSPS) is 12.1. The molecule has 0 aliphatic rings. The molecule has 29 heavy (non-hydrogen) atoms. The Morgan fingerprint density at radius 1 is 1.00 bits per heavy atom. The lowest BCUT2D eigenvalue weighted by Gasteiger charge is -2.16. The van der Waals surface area contributed by atoms with Crippen molar-refractivity contribution in [3.05, 3.63) is 56.5 Å². The van der Waals surface area contributed by atoms with E-state index in [9.17, 15) is 5.11 Å². The maximum absolute atomic E-state index is 9.23. The highest BCUT2D eigenvalue weighted by Crippen LogP contribution is 2.37. The molecule has 0 radical (unpaired) electrons. The van der Waals surface area contributed by atoms with Gasteiger partial charge in [-0.3, -0.25) is 0 Å². The fourth-order valence-electron chi connectivity index (χ4n) is 2.64. The Labute approximate surface area is 187 Å². The molecule has 1 unspecified atom stereocenters. The van der Waals surface area contributed by atoms with Crippen molar-refractivity contribution in [3.63, 3.8) is 0 Å². The van der Waals surface area contributed by atoms with Crippen molar-refractivity contribution < 1.29 is 14.6 Å². The quantitative estimate of drug-likeness (QED) is 0.400. The number of nitrogens with one attached hydrogen (secondary N) is 2. The molecular weight excluding hydrogens is 435 g/mol. The average molecular weight is 462 g/mol. The summed E-state index contributed by atoms with van der Waals surface area (Å²) in [4.78, 5) is 0. The summed E-state index contributed by atoms with van der Waals surface area (Å²) in [5.41, 5.74) is 1.80. The van der Waals surface area contributed by atoms with Crippen LogP contribution in [-0.2, 0) is 13.2 Å². The molecule has 2 aromatic carbocycles. The summed E-state index contributed by atoms with van der Waals surface area (Å²) in [6.45, 7) is 7.15. The minimum Gasteiger partial charge on any atom is -0.490 e. The SMILES string of the molecule is CCOc1cc(CNCCNCC(C)O)cc(Cl)c1OCc1ccc(Cl)cc1Cl. The summed E-state index contributed by atoms with van der Waals surface area (Å²) in [6.07, 6.45) is -0.349. The highest BCUT2D eigenvalue weighted by atomic mass is 35.5. The van der Waals surface area contributed by atoms with Crippen LogP contribution in [0, 0.1) is 0 Å². The molecule has 0 saturated carbocycles. The van der Waals surface area contributed by atoms with Gasteiger partial charge < -0.3 is 25.2 Å². The van der Waals surface area contributed by atoms with E-state index in [1.165, 1.54) is 0 Å². The zero-order valence-corrected chi connectivity index (χ0v) is 18.9. The maximum Gasteiger partial charge on any atom is 0.180 e. The molecule has 0 saturated heterocycles. The lowest BCUT2D eigenvalue weighted by atomic mass is 10.2. The van der Waals surface area contributed by atoms with Gasteiger partial charge >= 0.3 is 0 Å². The first-order valence-corrected chi connectivity index (χ1v) is 10.7. The first-order valence-electron chi connectivity index (χ1n) is 9.52. The Morgan fingerprint density at radius 2 is 1.76 bits per heavy atom. The molecule has 2 rings (SSSR count). The van der Waals surface area contributed by atoms with Gasteiger partial charge in [-0.05, 0) is 43.7 Å². The van der Waals surface area contributed by atoms with Crippen molar-refractivity contribution in [1.82, 2.24) is 10.6 Å². The van der Waals surface area contributed by atoms with Crippen LogP contribution in [0.4, 0.5) is 0 Å². The van der Waals surface area contributed by atoms with Crippen molar-refractivity contribution in [2.75, 3.05) is 26.2 Å². The van der Waals surface area contributed by atoms with Gasteiger partial charge in [-0.1, -0.05) is 40.9 Å². The highest BCUT2D eigenvalue weighted by Gasteiger charge is 2.14. The van der Waals surface area contributed by atoms with Gasteiger partial charge in [-0.2, -0.15) is 0 Å². The number of benzene rings is 2.